The molecule has 21 heavy (non-hydrogen) atoms. The van der Waals surface area contributed by atoms with Gasteiger partial charge in [-0.1, -0.05) is 11.2 Å². The van der Waals surface area contributed by atoms with Crippen molar-refractivity contribution < 1.29 is 4.52 Å². The minimum absolute atomic E-state index is 0.882. The van der Waals surface area contributed by atoms with E-state index in [1.807, 2.05) is 30.5 Å². The summed E-state index contributed by atoms with van der Waals surface area (Å²) in [5.41, 5.74) is 3.11. The number of nitrogens with zero attached hydrogens (tertiary/aromatic N) is 2. The monoisotopic (exact) mass is 310 g/mol. The summed E-state index contributed by atoms with van der Waals surface area (Å²) in [5, 5.41) is 6.13. The van der Waals surface area contributed by atoms with Crippen LogP contribution in [-0.4, -0.2) is 10.1 Å². The van der Waals surface area contributed by atoms with Gasteiger partial charge in [0.15, 0.2) is 0 Å². The topological polar surface area (TPSA) is 38.9 Å². The van der Waals surface area contributed by atoms with E-state index in [4.69, 9.17) is 4.52 Å². The van der Waals surface area contributed by atoms with Crippen LogP contribution in [0.4, 0.5) is 0 Å². The minimum atomic E-state index is 0.882. The molecule has 0 N–H and O–H groups in total. The summed E-state index contributed by atoms with van der Waals surface area (Å²) in [6.07, 6.45) is 3.42. The maximum Gasteiger partial charge on any atom is 0.124 e. The molecule has 0 radical (unpaired) electrons. The van der Waals surface area contributed by atoms with Crippen molar-refractivity contribution in [3.63, 3.8) is 0 Å². The Bertz CT molecular complexity index is 847. The third-order valence-electron chi connectivity index (χ3n) is 3.10. The molecule has 0 amide bonds. The zero-order valence-corrected chi connectivity index (χ0v) is 12.5. The van der Waals surface area contributed by atoms with Gasteiger partial charge >= 0.3 is 0 Å². The number of pyridine rings is 1. The van der Waals surface area contributed by atoms with Crippen LogP contribution in [0.25, 0.3) is 31.6 Å². The van der Waals surface area contributed by atoms with Crippen LogP contribution < -0.4 is 0 Å². The lowest BCUT2D eigenvalue weighted by Crippen LogP contribution is -1.75. The van der Waals surface area contributed by atoms with Crippen LogP contribution in [0.3, 0.4) is 0 Å². The molecule has 0 saturated carbocycles. The van der Waals surface area contributed by atoms with E-state index in [9.17, 15) is 0 Å². The van der Waals surface area contributed by atoms with E-state index in [0.29, 0.717) is 0 Å². The summed E-state index contributed by atoms with van der Waals surface area (Å²) >= 11 is 3.43. The first-order valence-electron chi connectivity index (χ1n) is 6.41. The van der Waals surface area contributed by atoms with Crippen LogP contribution in [-0.2, 0) is 0 Å². The van der Waals surface area contributed by atoms with Crippen molar-refractivity contribution in [3.05, 3.63) is 60.3 Å². The minimum Gasteiger partial charge on any atom is -0.364 e. The molecule has 3 nitrogen and oxygen atoms in total. The molecule has 102 valence electrons. The molecule has 0 bridgehead atoms. The van der Waals surface area contributed by atoms with Crippen LogP contribution in [0.2, 0.25) is 0 Å². The van der Waals surface area contributed by atoms with Crippen molar-refractivity contribution >= 4 is 22.7 Å². The van der Waals surface area contributed by atoms with Crippen molar-refractivity contribution in [2.24, 2.45) is 0 Å². The number of aromatic nitrogens is 2. The summed E-state index contributed by atoms with van der Waals surface area (Å²) in [6, 6.07) is 14.3. The molecular formula is C16H10N2OS2. The molecule has 5 heteroatoms. The standard InChI is InChI=1S/C16H10N2OS2/c1-2-7-17-12(3-1)15-5-4-14(21-15)11-9-16(20-10-11)13-6-8-19-18-13/h1-10H. The van der Waals surface area contributed by atoms with Crippen LogP contribution in [0, 0.1) is 0 Å². The van der Waals surface area contributed by atoms with E-state index >= 15 is 0 Å². The Labute approximate surface area is 129 Å². The predicted octanol–water partition coefficient (Wildman–Crippen LogP) is 5.19. The lowest BCUT2D eigenvalue weighted by molar-refractivity contribution is 0.422. The molecule has 0 fully saturated rings. The SMILES string of the molecule is c1ccc(-c2ccc(-c3csc(-c4ccon4)c3)s2)nc1. The molecule has 4 heterocycles. The van der Waals surface area contributed by atoms with E-state index in [1.165, 1.54) is 15.3 Å². The number of thiophene rings is 2. The van der Waals surface area contributed by atoms with Crippen LogP contribution in [0.15, 0.2) is 64.8 Å². The zero-order valence-electron chi connectivity index (χ0n) is 10.9. The highest BCUT2D eigenvalue weighted by Crippen LogP contribution is 2.37. The van der Waals surface area contributed by atoms with Crippen LogP contribution >= 0.6 is 22.7 Å². The van der Waals surface area contributed by atoms with E-state index in [-0.39, 0.29) is 0 Å². The predicted molar refractivity (Wildman–Crippen MR) is 86.4 cm³/mol. The normalized spacial score (nSPS) is 10.9. The highest BCUT2D eigenvalue weighted by molar-refractivity contribution is 7.19. The molecule has 0 aromatic carbocycles. The lowest BCUT2D eigenvalue weighted by Gasteiger charge is -1.94. The van der Waals surface area contributed by atoms with Gasteiger partial charge in [-0.05, 0) is 30.3 Å². The van der Waals surface area contributed by atoms with Crippen LogP contribution in [0.5, 0.6) is 0 Å². The highest BCUT2D eigenvalue weighted by atomic mass is 32.1. The second-order valence-electron chi connectivity index (χ2n) is 4.46. The van der Waals surface area contributed by atoms with Gasteiger partial charge in [-0.3, -0.25) is 4.98 Å². The summed E-state index contributed by atoms with van der Waals surface area (Å²) in [5.74, 6) is 0. The molecule has 0 atom stereocenters. The molecule has 0 aliphatic rings. The average molecular weight is 310 g/mol. The lowest BCUT2D eigenvalue weighted by atomic mass is 10.2. The van der Waals surface area contributed by atoms with Gasteiger partial charge in [0, 0.05) is 28.1 Å². The largest absolute Gasteiger partial charge is 0.364 e. The Morgan fingerprint density at radius 1 is 0.905 bits per heavy atom. The third-order valence-corrected chi connectivity index (χ3v) is 5.21. The van der Waals surface area contributed by atoms with Crippen molar-refractivity contribution in [1.29, 1.82) is 0 Å². The van der Waals surface area contributed by atoms with Crippen LogP contribution in [0.1, 0.15) is 0 Å². The second kappa shape index (κ2) is 5.27. The average Bonchev–Trinajstić information content (AvgIpc) is 3.27. The number of hydrogen-bond acceptors (Lipinski definition) is 5. The maximum absolute atomic E-state index is 4.90. The van der Waals surface area contributed by atoms with Gasteiger partial charge in [-0.2, -0.15) is 0 Å². The first kappa shape index (κ1) is 12.5. The fourth-order valence-electron chi connectivity index (χ4n) is 2.08. The zero-order chi connectivity index (χ0) is 14.1. The fraction of sp³-hybridized carbons (Fsp3) is 0. The molecule has 0 spiro atoms. The first-order chi connectivity index (χ1) is 10.4. The molecular weight excluding hydrogens is 300 g/mol. The highest BCUT2D eigenvalue weighted by Gasteiger charge is 2.10. The Hall–Kier alpha value is -2.24. The summed E-state index contributed by atoms with van der Waals surface area (Å²) in [4.78, 5) is 7.93. The molecule has 4 aromatic rings. The molecule has 4 rings (SSSR count). The van der Waals surface area contributed by atoms with E-state index < -0.39 is 0 Å². The molecule has 0 unspecified atom stereocenters. The van der Waals surface area contributed by atoms with E-state index in [2.05, 4.69) is 33.7 Å². The van der Waals surface area contributed by atoms with Gasteiger partial charge in [-0.25, -0.2) is 0 Å². The Kier molecular flexibility index (Phi) is 3.14. The van der Waals surface area contributed by atoms with Gasteiger partial charge in [-0.15, -0.1) is 22.7 Å². The van der Waals surface area contributed by atoms with Gasteiger partial charge in [0.2, 0.25) is 0 Å². The second-order valence-corrected chi connectivity index (χ2v) is 6.46. The number of hydrogen-bond donors (Lipinski definition) is 0. The quantitative estimate of drug-likeness (QED) is 0.522. The first-order valence-corrected chi connectivity index (χ1v) is 8.11. The van der Waals surface area contributed by atoms with Crippen molar-refractivity contribution in [1.82, 2.24) is 10.1 Å². The maximum atomic E-state index is 4.90. The molecule has 0 saturated heterocycles. The smallest absolute Gasteiger partial charge is 0.124 e. The molecule has 0 aliphatic heterocycles. The van der Waals surface area contributed by atoms with E-state index in [0.717, 1.165) is 16.3 Å². The van der Waals surface area contributed by atoms with Gasteiger partial charge < -0.3 is 4.52 Å². The molecule has 4 aromatic heterocycles. The fourth-order valence-corrected chi connectivity index (χ4v) is 3.99. The van der Waals surface area contributed by atoms with Crippen molar-refractivity contribution in [2.75, 3.05) is 0 Å². The van der Waals surface area contributed by atoms with Gasteiger partial charge in [0.05, 0.1) is 15.4 Å². The Morgan fingerprint density at radius 2 is 1.86 bits per heavy atom. The Morgan fingerprint density at radius 3 is 2.67 bits per heavy atom. The van der Waals surface area contributed by atoms with Crippen molar-refractivity contribution in [2.45, 2.75) is 0 Å². The summed E-state index contributed by atoms with van der Waals surface area (Å²) in [7, 11) is 0. The van der Waals surface area contributed by atoms with Gasteiger partial charge in [0.25, 0.3) is 0 Å². The van der Waals surface area contributed by atoms with Gasteiger partial charge in [0.1, 0.15) is 12.0 Å². The summed E-state index contributed by atoms with van der Waals surface area (Å²) < 4.78 is 4.90. The van der Waals surface area contributed by atoms with Crippen molar-refractivity contribution in [3.8, 4) is 31.6 Å². The molecule has 0 aliphatic carbocycles. The number of rotatable bonds is 3. The van der Waals surface area contributed by atoms with E-state index in [1.54, 1.807) is 28.9 Å². The summed E-state index contributed by atoms with van der Waals surface area (Å²) in [6.45, 7) is 0. The Balaban J connectivity index is 1.67. The third kappa shape index (κ3) is 2.41.